The second-order valence-electron chi connectivity index (χ2n) is 5.34. The van der Waals surface area contributed by atoms with Gasteiger partial charge in [0.15, 0.2) is 0 Å². The molecule has 3 nitrogen and oxygen atoms in total. The van der Waals surface area contributed by atoms with Crippen molar-refractivity contribution in [1.29, 1.82) is 5.26 Å². The van der Waals surface area contributed by atoms with Gasteiger partial charge in [-0.05, 0) is 37.1 Å². The summed E-state index contributed by atoms with van der Waals surface area (Å²) in [6.45, 7) is 4.16. The number of aliphatic hydroxyl groups is 1. The first-order valence-electron chi connectivity index (χ1n) is 6.87. The Kier molecular flexibility index (Phi) is 4.26. The third kappa shape index (κ3) is 3.20. The highest BCUT2D eigenvalue weighted by Crippen LogP contribution is 2.38. The number of nitrogens with zero attached hydrogens (tertiary/aromatic N) is 2. The third-order valence-corrected chi connectivity index (χ3v) is 4.11. The quantitative estimate of drug-likeness (QED) is 0.913. The van der Waals surface area contributed by atoms with Crippen molar-refractivity contribution in [2.24, 2.45) is 0 Å². The minimum atomic E-state index is -4.60. The van der Waals surface area contributed by atoms with Crippen molar-refractivity contribution in [3.8, 4) is 6.07 Å². The van der Waals surface area contributed by atoms with Gasteiger partial charge in [-0.1, -0.05) is 13.0 Å². The number of halogens is 3. The molecule has 0 atom stereocenters. The zero-order valence-electron chi connectivity index (χ0n) is 11.7. The maximum Gasteiger partial charge on any atom is 0.417 e. The lowest BCUT2D eigenvalue weighted by Gasteiger charge is -2.38. The molecule has 6 heteroatoms. The molecular weight excluding hydrogens is 281 g/mol. The van der Waals surface area contributed by atoms with Gasteiger partial charge in [0.2, 0.25) is 0 Å². The van der Waals surface area contributed by atoms with Gasteiger partial charge in [-0.2, -0.15) is 18.4 Å². The van der Waals surface area contributed by atoms with Crippen molar-refractivity contribution in [2.75, 3.05) is 19.6 Å². The molecule has 0 aromatic heterocycles. The van der Waals surface area contributed by atoms with Crippen molar-refractivity contribution in [2.45, 2.75) is 31.5 Å². The number of alkyl halides is 3. The molecule has 21 heavy (non-hydrogen) atoms. The predicted octanol–water partition coefficient (Wildman–Crippen LogP) is 2.88. The molecular formula is C15H17F3N2O. The Hall–Kier alpha value is -1.58. The van der Waals surface area contributed by atoms with E-state index in [0.29, 0.717) is 25.9 Å². The van der Waals surface area contributed by atoms with Crippen LogP contribution in [0.1, 0.15) is 36.5 Å². The molecule has 0 amide bonds. The summed E-state index contributed by atoms with van der Waals surface area (Å²) in [6.07, 6.45) is -3.81. The summed E-state index contributed by atoms with van der Waals surface area (Å²) in [5.74, 6) is 0. The third-order valence-electron chi connectivity index (χ3n) is 4.11. The fraction of sp³-hybridized carbons (Fsp3) is 0.533. The number of piperidine rings is 1. The number of nitriles is 1. The largest absolute Gasteiger partial charge is 0.417 e. The van der Waals surface area contributed by atoms with Crippen LogP contribution in [0.5, 0.6) is 0 Å². The fourth-order valence-electron chi connectivity index (χ4n) is 2.69. The number of rotatable bonds is 2. The van der Waals surface area contributed by atoms with E-state index in [1.165, 1.54) is 6.07 Å². The topological polar surface area (TPSA) is 47.3 Å². The summed E-state index contributed by atoms with van der Waals surface area (Å²) in [5, 5.41) is 19.4. The highest BCUT2D eigenvalue weighted by Gasteiger charge is 2.38. The van der Waals surface area contributed by atoms with Crippen LogP contribution in [0.4, 0.5) is 13.2 Å². The summed E-state index contributed by atoms with van der Waals surface area (Å²) >= 11 is 0. The Bertz CT molecular complexity index is 555. The van der Waals surface area contributed by atoms with Crippen molar-refractivity contribution in [1.82, 2.24) is 4.90 Å². The molecule has 0 aliphatic carbocycles. The Morgan fingerprint density at radius 2 is 1.95 bits per heavy atom. The minimum Gasteiger partial charge on any atom is -0.385 e. The summed E-state index contributed by atoms with van der Waals surface area (Å²) < 4.78 is 38.9. The summed E-state index contributed by atoms with van der Waals surface area (Å²) in [7, 11) is 0. The van der Waals surface area contributed by atoms with E-state index in [1.54, 1.807) is 6.07 Å². The zero-order chi connectivity index (χ0) is 15.7. The molecule has 1 saturated heterocycles. The first-order valence-corrected chi connectivity index (χ1v) is 6.87. The lowest BCUT2D eigenvalue weighted by molar-refractivity contribution is -0.138. The number of hydrogen-bond acceptors (Lipinski definition) is 3. The molecule has 2 rings (SSSR count). The van der Waals surface area contributed by atoms with Gasteiger partial charge in [0.05, 0.1) is 22.8 Å². The van der Waals surface area contributed by atoms with Gasteiger partial charge in [0.25, 0.3) is 0 Å². The van der Waals surface area contributed by atoms with E-state index in [0.717, 1.165) is 18.7 Å². The molecule has 114 valence electrons. The highest BCUT2D eigenvalue weighted by molar-refractivity contribution is 5.43. The van der Waals surface area contributed by atoms with Crippen LogP contribution in [0, 0.1) is 11.3 Å². The predicted molar refractivity (Wildman–Crippen MR) is 71.4 cm³/mol. The fourth-order valence-corrected chi connectivity index (χ4v) is 2.69. The number of likely N-dealkylation sites (tertiary alicyclic amines) is 1. The zero-order valence-corrected chi connectivity index (χ0v) is 11.7. The Balaban J connectivity index is 2.35. The van der Waals surface area contributed by atoms with Gasteiger partial charge in [0, 0.05) is 13.1 Å². The van der Waals surface area contributed by atoms with Crippen LogP contribution < -0.4 is 0 Å². The van der Waals surface area contributed by atoms with E-state index in [2.05, 4.69) is 4.90 Å². The molecule has 1 aliphatic rings. The van der Waals surface area contributed by atoms with E-state index < -0.39 is 22.9 Å². The smallest absolute Gasteiger partial charge is 0.385 e. The van der Waals surface area contributed by atoms with E-state index in [-0.39, 0.29) is 5.56 Å². The van der Waals surface area contributed by atoms with Gasteiger partial charge < -0.3 is 10.0 Å². The van der Waals surface area contributed by atoms with Crippen LogP contribution in [0.3, 0.4) is 0 Å². The Labute approximate surface area is 121 Å². The van der Waals surface area contributed by atoms with Gasteiger partial charge in [-0.25, -0.2) is 0 Å². The van der Waals surface area contributed by atoms with Gasteiger partial charge in [-0.15, -0.1) is 0 Å². The molecule has 1 N–H and O–H groups in total. The number of hydrogen-bond donors (Lipinski definition) is 1. The minimum absolute atomic E-state index is 0.240. The van der Waals surface area contributed by atoms with Crippen LogP contribution >= 0.6 is 0 Å². The van der Waals surface area contributed by atoms with Gasteiger partial charge >= 0.3 is 6.18 Å². The van der Waals surface area contributed by atoms with Crippen molar-refractivity contribution < 1.29 is 18.3 Å². The monoisotopic (exact) mass is 298 g/mol. The van der Waals surface area contributed by atoms with Crippen molar-refractivity contribution >= 4 is 0 Å². The first kappa shape index (κ1) is 15.8. The van der Waals surface area contributed by atoms with Crippen LogP contribution in [0.15, 0.2) is 18.2 Å². The maximum absolute atomic E-state index is 13.0. The van der Waals surface area contributed by atoms with Gasteiger partial charge in [0.1, 0.15) is 0 Å². The van der Waals surface area contributed by atoms with E-state index in [4.69, 9.17) is 5.26 Å². The molecule has 1 aliphatic heterocycles. The van der Waals surface area contributed by atoms with Crippen molar-refractivity contribution in [3.05, 3.63) is 34.9 Å². The van der Waals surface area contributed by atoms with Crippen LogP contribution in [-0.4, -0.2) is 29.6 Å². The normalized spacial score (nSPS) is 19.2. The average Bonchev–Trinajstić information content (AvgIpc) is 2.46. The van der Waals surface area contributed by atoms with E-state index >= 15 is 0 Å². The standard InChI is InChI=1S/C15H17F3N2O/c1-2-20-7-5-14(21,6-8-20)12-4-3-11(10-19)13(9-12)15(16,17)18/h3-4,9,21H,2,5-8H2,1H3. The van der Waals surface area contributed by atoms with E-state index in [9.17, 15) is 18.3 Å². The molecule has 1 aromatic rings. The van der Waals surface area contributed by atoms with Gasteiger partial charge in [-0.3, -0.25) is 0 Å². The molecule has 1 aromatic carbocycles. The summed E-state index contributed by atoms with van der Waals surface area (Å²) in [5.41, 5.74) is -2.40. The molecule has 0 unspecified atom stereocenters. The summed E-state index contributed by atoms with van der Waals surface area (Å²) in [6, 6.07) is 5.04. The second-order valence-corrected chi connectivity index (χ2v) is 5.34. The Morgan fingerprint density at radius 1 is 1.33 bits per heavy atom. The van der Waals surface area contributed by atoms with Crippen LogP contribution in [-0.2, 0) is 11.8 Å². The lowest BCUT2D eigenvalue weighted by Crippen LogP contribution is -2.42. The molecule has 0 saturated carbocycles. The molecule has 0 radical (unpaired) electrons. The molecule has 1 heterocycles. The molecule has 0 bridgehead atoms. The Morgan fingerprint density at radius 3 is 2.43 bits per heavy atom. The summed E-state index contributed by atoms with van der Waals surface area (Å²) in [4.78, 5) is 2.14. The highest BCUT2D eigenvalue weighted by atomic mass is 19.4. The average molecular weight is 298 g/mol. The van der Waals surface area contributed by atoms with Crippen LogP contribution in [0.2, 0.25) is 0 Å². The van der Waals surface area contributed by atoms with E-state index in [1.807, 2.05) is 6.92 Å². The van der Waals surface area contributed by atoms with Crippen LogP contribution in [0.25, 0.3) is 0 Å². The van der Waals surface area contributed by atoms with Crippen molar-refractivity contribution in [3.63, 3.8) is 0 Å². The second kappa shape index (κ2) is 5.66. The maximum atomic E-state index is 13.0. The number of benzene rings is 1. The lowest BCUT2D eigenvalue weighted by atomic mass is 9.83. The molecule has 1 fully saturated rings. The SMILES string of the molecule is CCN1CCC(O)(c2ccc(C#N)c(C(F)(F)F)c2)CC1. The first-order chi connectivity index (χ1) is 9.80. The molecule has 0 spiro atoms.